The van der Waals surface area contributed by atoms with Crippen molar-refractivity contribution in [2.75, 3.05) is 7.05 Å². The summed E-state index contributed by atoms with van der Waals surface area (Å²) in [5.74, 6) is 0.645. The number of aromatic nitrogens is 1. The van der Waals surface area contributed by atoms with Crippen LogP contribution < -0.4 is 0 Å². The summed E-state index contributed by atoms with van der Waals surface area (Å²) in [5.41, 5.74) is 1.52. The van der Waals surface area contributed by atoms with E-state index in [2.05, 4.69) is 21.1 Å². The first kappa shape index (κ1) is 14.7. The van der Waals surface area contributed by atoms with E-state index in [-0.39, 0.29) is 6.54 Å². The lowest BCUT2D eigenvalue weighted by Crippen LogP contribution is -2.26. The number of thiophene rings is 1. The van der Waals surface area contributed by atoms with Crippen molar-refractivity contribution >= 4 is 37.3 Å². The van der Waals surface area contributed by atoms with Crippen LogP contribution in [0.3, 0.4) is 0 Å². The predicted octanol–water partition coefficient (Wildman–Crippen LogP) is 2.94. The molecule has 0 aromatic carbocycles. The zero-order valence-corrected chi connectivity index (χ0v) is 13.9. The van der Waals surface area contributed by atoms with Crippen molar-refractivity contribution in [1.82, 2.24) is 9.46 Å². The van der Waals surface area contributed by atoms with E-state index in [9.17, 15) is 8.42 Å². The second kappa shape index (κ2) is 5.35. The maximum atomic E-state index is 12.4. The van der Waals surface area contributed by atoms with Crippen molar-refractivity contribution in [2.24, 2.45) is 0 Å². The third-order valence-corrected chi connectivity index (χ3v) is 6.67. The topological polar surface area (TPSA) is 63.4 Å². The summed E-state index contributed by atoms with van der Waals surface area (Å²) in [4.78, 5) is 0. The first-order chi connectivity index (χ1) is 8.82. The van der Waals surface area contributed by atoms with Crippen molar-refractivity contribution in [2.45, 2.75) is 24.6 Å². The molecule has 19 heavy (non-hydrogen) atoms. The Morgan fingerprint density at radius 1 is 1.42 bits per heavy atom. The van der Waals surface area contributed by atoms with E-state index in [0.29, 0.717) is 15.7 Å². The molecule has 0 bridgehead atoms. The second-order valence-corrected chi connectivity index (χ2v) is 8.86. The molecule has 0 radical (unpaired) electrons. The lowest BCUT2D eigenvalue weighted by molar-refractivity contribution is 0.390. The fourth-order valence-electron chi connectivity index (χ4n) is 1.63. The van der Waals surface area contributed by atoms with Gasteiger partial charge in [-0.25, -0.2) is 8.42 Å². The van der Waals surface area contributed by atoms with Crippen LogP contribution in [0.15, 0.2) is 24.7 Å². The van der Waals surface area contributed by atoms with Crippen LogP contribution >= 0.6 is 27.3 Å². The monoisotopic (exact) mass is 364 g/mol. The molecule has 0 aliphatic rings. The van der Waals surface area contributed by atoms with Gasteiger partial charge in [-0.15, -0.1) is 11.3 Å². The molecule has 0 atom stereocenters. The molecule has 104 valence electrons. The number of hydrogen-bond acceptors (Lipinski definition) is 5. The number of hydrogen-bond donors (Lipinski definition) is 0. The number of halogens is 1. The Kier molecular flexibility index (Phi) is 4.14. The number of rotatable bonds is 4. The Morgan fingerprint density at radius 3 is 2.58 bits per heavy atom. The summed E-state index contributed by atoms with van der Waals surface area (Å²) < 4.78 is 32.2. The van der Waals surface area contributed by atoms with Gasteiger partial charge in [0.2, 0.25) is 0 Å². The quantitative estimate of drug-likeness (QED) is 0.836. The van der Waals surface area contributed by atoms with E-state index >= 15 is 0 Å². The van der Waals surface area contributed by atoms with Crippen molar-refractivity contribution in [1.29, 1.82) is 0 Å². The molecular weight excluding hydrogens is 352 g/mol. The predicted molar refractivity (Wildman–Crippen MR) is 76.6 cm³/mol. The van der Waals surface area contributed by atoms with Crippen LogP contribution in [0.4, 0.5) is 0 Å². The molecule has 2 aromatic rings. The van der Waals surface area contributed by atoms with Crippen LogP contribution in [0.2, 0.25) is 0 Å². The molecule has 8 heteroatoms. The molecule has 0 unspecified atom stereocenters. The Morgan fingerprint density at radius 2 is 2.11 bits per heavy atom. The first-order valence-corrected chi connectivity index (χ1v) is 8.50. The van der Waals surface area contributed by atoms with Gasteiger partial charge in [-0.2, -0.15) is 4.31 Å². The zero-order chi connectivity index (χ0) is 14.2. The minimum Gasteiger partial charge on any atom is -0.361 e. The highest BCUT2D eigenvalue weighted by molar-refractivity contribution is 9.11. The summed E-state index contributed by atoms with van der Waals surface area (Å²) in [5, 5.41) is 3.83. The van der Waals surface area contributed by atoms with Gasteiger partial charge in [-0.3, -0.25) is 0 Å². The molecule has 0 fully saturated rings. The van der Waals surface area contributed by atoms with E-state index in [1.54, 1.807) is 33.0 Å². The van der Waals surface area contributed by atoms with Gasteiger partial charge in [0.25, 0.3) is 10.0 Å². The Bertz CT molecular complexity index is 671. The van der Waals surface area contributed by atoms with Crippen molar-refractivity contribution in [3.63, 3.8) is 0 Å². The standard InChI is InChI=1S/C11H13BrN2O3S2/c1-7-9(8(2)17-13-7)6-14(3)19(15,16)11-5-4-10(12)18-11/h4-5H,6H2,1-3H3. The van der Waals surface area contributed by atoms with Crippen molar-refractivity contribution in [3.8, 4) is 0 Å². The van der Waals surface area contributed by atoms with E-state index in [1.165, 1.54) is 15.6 Å². The highest BCUT2D eigenvalue weighted by atomic mass is 79.9. The van der Waals surface area contributed by atoms with Crippen LogP contribution in [0, 0.1) is 13.8 Å². The minimum atomic E-state index is -3.48. The zero-order valence-electron chi connectivity index (χ0n) is 10.7. The molecule has 0 saturated heterocycles. The average Bonchev–Trinajstić information content (AvgIpc) is 2.90. The second-order valence-electron chi connectivity index (χ2n) is 4.12. The maximum Gasteiger partial charge on any atom is 0.252 e. The molecule has 0 spiro atoms. The van der Waals surface area contributed by atoms with Crippen LogP contribution in [-0.4, -0.2) is 24.9 Å². The lowest BCUT2D eigenvalue weighted by atomic mass is 10.2. The van der Waals surface area contributed by atoms with E-state index < -0.39 is 10.0 Å². The highest BCUT2D eigenvalue weighted by Gasteiger charge is 2.24. The molecule has 2 aromatic heterocycles. The van der Waals surface area contributed by atoms with E-state index in [0.717, 1.165) is 9.35 Å². The Balaban J connectivity index is 2.27. The van der Waals surface area contributed by atoms with Gasteiger partial charge in [0.05, 0.1) is 9.48 Å². The Hall–Kier alpha value is -0.700. The normalized spacial score (nSPS) is 12.3. The summed E-state index contributed by atoms with van der Waals surface area (Å²) in [7, 11) is -1.92. The molecule has 0 amide bonds. The van der Waals surface area contributed by atoms with Gasteiger partial charge in [0, 0.05) is 19.2 Å². The number of aryl methyl sites for hydroxylation is 2. The highest BCUT2D eigenvalue weighted by Crippen LogP contribution is 2.29. The summed E-state index contributed by atoms with van der Waals surface area (Å²) in [6.45, 7) is 3.82. The molecule has 0 aliphatic carbocycles. The smallest absolute Gasteiger partial charge is 0.252 e. The molecule has 2 heterocycles. The van der Waals surface area contributed by atoms with Gasteiger partial charge < -0.3 is 4.52 Å². The molecule has 0 aliphatic heterocycles. The number of sulfonamides is 1. The summed E-state index contributed by atoms with van der Waals surface area (Å²) >= 11 is 4.46. The summed E-state index contributed by atoms with van der Waals surface area (Å²) in [6, 6.07) is 3.31. The third kappa shape index (κ3) is 2.91. The van der Waals surface area contributed by atoms with Crippen molar-refractivity contribution < 1.29 is 12.9 Å². The van der Waals surface area contributed by atoms with Gasteiger partial charge in [-0.05, 0) is 41.9 Å². The van der Waals surface area contributed by atoms with Gasteiger partial charge >= 0.3 is 0 Å². The van der Waals surface area contributed by atoms with Gasteiger partial charge in [-0.1, -0.05) is 5.16 Å². The molecule has 5 nitrogen and oxygen atoms in total. The molecule has 0 N–H and O–H groups in total. The van der Waals surface area contributed by atoms with Crippen LogP contribution in [0.5, 0.6) is 0 Å². The first-order valence-electron chi connectivity index (χ1n) is 5.46. The Labute approximate surface area is 124 Å². The van der Waals surface area contributed by atoms with Crippen LogP contribution in [0.25, 0.3) is 0 Å². The third-order valence-electron chi connectivity index (χ3n) is 2.78. The van der Waals surface area contributed by atoms with Gasteiger partial charge in [0.15, 0.2) is 0 Å². The average molecular weight is 365 g/mol. The van der Waals surface area contributed by atoms with E-state index in [1.807, 2.05) is 0 Å². The SMILES string of the molecule is Cc1noc(C)c1CN(C)S(=O)(=O)c1ccc(Br)s1. The fraction of sp³-hybridized carbons (Fsp3) is 0.364. The maximum absolute atomic E-state index is 12.4. The number of nitrogens with zero attached hydrogens (tertiary/aromatic N) is 2. The van der Waals surface area contributed by atoms with Crippen molar-refractivity contribution in [3.05, 3.63) is 32.9 Å². The molecule has 0 saturated carbocycles. The fourth-order valence-corrected chi connectivity index (χ4v) is 4.98. The van der Waals surface area contributed by atoms with Crippen LogP contribution in [0.1, 0.15) is 17.0 Å². The summed E-state index contributed by atoms with van der Waals surface area (Å²) in [6.07, 6.45) is 0. The molecular formula is C11H13BrN2O3S2. The van der Waals surface area contributed by atoms with E-state index in [4.69, 9.17) is 4.52 Å². The van der Waals surface area contributed by atoms with Gasteiger partial charge in [0.1, 0.15) is 9.97 Å². The lowest BCUT2D eigenvalue weighted by Gasteiger charge is -2.15. The van der Waals surface area contributed by atoms with Crippen LogP contribution in [-0.2, 0) is 16.6 Å². The minimum absolute atomic E-state index is 0.249. The molecule has 2 rings (SSSR count). The largest absolute Gasteiger partial charge is 0.361 e.